The third kappa shape index (κ3) is 5.20. The summed E-state index contributed by atoms with van der Waals surface area (Å²) in [7, 11) is 0. The van der Waals surface area contributed by atoms with Gasteiger partial charge < -0.3 is 15.4 Å². The van der Waals surface area contributed by atoms with Gasteiger partial charge >= 0.3 is 6.03 Å². The van der Waals surface area contributed by atoms with Crippen LogP contribution in [-0.2, 0) is 16.0 Å². The second-order valence-electron chi connectivity index (χ2n) is 9.05. The molecule has 1 aromatic rings. The Hall–Kier alpha value is -2.57. The Morgan fingerprint density at radius 3 is 2.71 bits per heavy atom. The number of hydrogen-bond donors (Lipinski definition) is 2. The molecule has 2 saturated carbocycles. The van der Waals surface area contributed by atoms with Crippen LogP contribution in [0.5, 0.6) is 5.75 Å². The molecule has 31 heavy (non-hydrogen) atoms. The van der Waals surface area contributed by atoms with E-state index in [2.05, 4.69) is 10.6 Å². The highest BCUT2D eigenvalue weighted by Gasteiger charge is 2.51. The highest BCUT2D eigenvalue weighted by molar-refractivity contribution is 6.07. The first-order valence-corrected chi connectivity index (χ1v) is 11.7. The van der Waals surface area contributed by atoms with Crippen LogP contribution in [0.2, 0.25) is 0 Å². The van der Waals surface area contributed by atoms with Crippen molar-refractivity contribution in [3.05, 3.63) is 29.8 Å². The van der Waals surface area contributed by atoms with Crippen LogP contribution in [0.15, 0.2) is 24.3 Å². The van der Waals surface area contributed by atoms with Crippen LogP contribution in [0.25, 0.3) is 0 Å². The Bertz CT molecular complexity index is 813. The fraction of sp³-hybridized carbons (Fsp3) is 0.625. The molecule has 1 saturated heterocycles. The fourth-order valence-electron chi connectivity index (χ4n) is 4.98. The number of ether oxygens (including phenoxy) is 1. The van der Waals surface area contributed by atoms with Gasteiger partial charge in [-0.2, -0.15) is 0 Å². The highest BCUT2D eigenvalue weighted by atomic mass is 16.5. The minimum atomic E-state index is -0.656. The van der Waals surface area contributed by atoms with Crippen molar-refractivity contribution in [3.8, 4) is 5.75 Å². The van der Waals surface area contributed by atoms with Crippen LogP contribution in [0, 0.1) is 0 Å². The minimum Gasteiger partial charge on any atom is -0.490 e. The summed E-state index contributed by atoms with van der Waals surface area (Å²) in [6.45, 7) is 0.793. The average Bonchev–Trinajstić information content (AvgIpc) is 3.49. The number of amides is 4. The number of nitrogens with one attached hydrogen (secondary N) is 2. The van der Waals surface area contributed by atoms with E-state index in [9.17, 15) is 14.4 Å². The second-order valence-corrected chi connectivity index (χ2v) is 9.05. The Labute approximate surface area is 183 Å². The Balaban J connectivity index is 1.15. The third-order valence-electron chi connectivity index (χ3n) is 6.73. The molecule has 7 nitrogen and oxygen atoms in total. The number of carbonyl (C=O) groups is 3. The Kier molecular flexibility index (Phi) is 6.78. The number of rotatable bonds is 9. The lowest BCUT2D eigenvalue weighted by Crippen LogP contribution is -2.44. The lowest BCUT2D eigenvalue weighted by atomic mass is 9.98. The molecule has 3 aliphatic rings. The normalized spacial score (nSPS) is 20.5. The molecule has 1 aliphatic heterocycles. The van der Waals surface area contributed by atoms with Gasteiger partial charge in [-0.3, -0.25) is 14.5 Å². The van der Waals surface area contributed by atoms with Gasteiger partial charge in [-0.1, -0.05) is 25.0 Å². The molecule has 0 atom stereocenters. The van der Waals surface area contributed by atoms with E-state index in [0.717, 1.165) is 49.8 Å². The molecule has 7 heteroatoms. The van der Waals surface area contributed by atoms with Crippen molar-refractivity contribution in [1.29, 1.82) is 0 Å². The summed E-state index contributed by atoms with van der Waals surface area (Å²) in [5.41, 5.74) is 0.433. The summed E-state index contributed by atoms with van der Waals surface area (Å²) < 4.78 is 6.04. The third-order valence-corrected chi connectivity index (χ3v) is 6.73. The van der Waals surface area contributed by atoms with Gasteiger partial charge in [-0.05, 0) is 69.1 Å². The predicted octanol–water partition coefficient (Wildman–Crippen LogP) is 3.31. The van der Waals surface area contributed by atoms with Gasteiger partial charge in [0.15, 0.2) is 0 Å². The number of hydrogen-bond acceptors (Lipinski definition) is 4. The van der Waals surface area contributed by atoms with Crippen LogP contribution in [0.3, 0.4) is 0 Å². The zero-order chi connectivity index (χ0) is 21.7. The molecule has 0 bridgehead atoms. The maximum Gasteiger partial charge on any atom is 0.325 e. The average molecular weight is 428 g/mol. The van der Waals surface area contributed by atoms with Gasteiger partial charge in [0.05, 0.1) is 6.10 Å². The topological polar surface area (TPSA) is 87.7 Å². The quantitative estimate of drug-likeness (QED) is 0.468. The summed E-state index contributed by atoms with van der Waals surface area (Å²) in [5.74, 6) is 0.769. The highest BCUT2D eigenvalue weighted by Crippen LogP contribution is 2.35. The van der Waals surface area contributed by atoms with E-state index in [1.54, 1.807) is 0 Å². The van der Waals surface area contributed by atoms with Gasteiger partial charge in [-0.25, -0.2) is 4.79 Å². The van der Waals surface area contributed by atoms with Crippen molar-refractivity contribution in [2.24, 2.45) is 0 Å². The number of benzene rings is 1. The summed E-state index contributed by atoms with van der Waals surface area (Å²) in [6.07, 6.45) is 10.1. The molecule has 4 amide bonds. The predicted molar refractivity (Wildman–Crippen MR) is 117 cm³/mol. The second kappa shape index (κ2) is 9.71. The smallest absolute Gasteiger partial charge is 0.325 e. The largest absolute Gasteiger partial charge is 0.490 e. The SMILES string of the molecule is O=C(CCc1cccc(OC2CCCC2)c1)NCCCN1C(=O)NC2(CCCC2)C1=O. The van der Waals surface area contributed by atoms with E-state index < -0.39 is 5.54 Å². The van der Waals surface area contributed by atoms with Gasteiger partial charge in [0.2, 0.25) is 5.91 Å². The molecule has 3 fully saturated rings. The number of nitrogens with zero attached hydrogens (tertiary/aromatic N) is 1. The van der Waals surface area contributed by atoms with Crippen molar-refractivity contribution < 1.29 is 19.1 Å². The summed E-state index contributed by atoms with van der Waals surface area (Å²) in [6, 6.07) is 7.71. The van der Waals surface area contributed by atoms with Crippen molar-refractivity contribution in [2.75, 3.05) is 13.1 Å². The van der Waals surface area contributed by atoms with Gasteiger partial charge in [-0.15, -0.1) is 0 Å². The molecule has 0 aromatic heterocycles. The molecular formula is C24H33N3O4. The molecular weight excluding hydrogens is 394 g/mol. The summed E-state index contributed by atoms with van der Waals surface area (Å²) >= 11 is 0. The number of aryl methyl sites for hydroxylation is 1. The zero-order valence-electron chi connectivity index (χ0n) is 18.2. The first-order valence-electron chi connectivity index (χ1n) is 11.7. The standard InChI is InChI=1S/C24H33N3O4/c28-21(12-11-18-7-5-10-20(17-18)31-19-8-1-2-9-19)25-15-6-16-27-22(29)24(26-23(27)30)13-3-4-14-24/h5,7,10,17,19H,1-4,6,8-9,11-16H2,(H,25,28)(H,26,30). The maximum atomic E-state index is 12.6. The van der Waals surface area contributed by atoms with Gasteiger partial charge in [0.1, 0.15) is 11.3 Å². The lowest BCUT2D eigenvalue weighted by Gasteiger charge is -2.20. The van der Waals surface area contributed by atoms with Crippen LogP contribution in [0.1, 0.15) is 69.8 Å². The zero-order valence-corrected chi connectivity index (χ0v) is 18.2. The number of carbonyl (C=O) groups excluding carboxylic acids is 3. The summed E-state index contributed by atoms with van der Waals surface area (Å²) in [5, 5.41) is 5.79. The van der Waals surface area contributed by atoms with E-state index in [-0.39, 0.29) is 17.8 Å². The molecule has 0 unspecified atom stereocenters. The van der Waals surface area contributed by atoms with Crippen LogP contribution in [-0.4, -0.2) is 47.5 Å². The van der Waals surface area contributed by atoms with Crippen molar-refractivity contribution in [2.45, 2.75) is 82.3 Å². The molecule has 4 rings (SSSR count). The number of urea groups is 1. The maximum absolute atomic E-state index is 12.6. The first kappa shape index (κ1) is 21.7. The van der Waals surface area contributed by atoms with Crippen LogP contribution >= 0.6 is 0 Å². The van der Waals surface area contributed by atoms with E-state index in [1.807, 2.05) is 24.3 Å². The molecule has 0 radical (unpaired) electrons. The monoisotopic (exact) mass is 427 g/mol. The lowest BCUT2D eigenvalue weighted by molar-refractivity contribution is -0.131. The molecule has 2 aliphatic carbocycles. The Morgan fingerprint density at radius 1 is 1.16 bits per heavy atom. The summed E-state index contributed by atoms with van der Waals surface area (Å²) in [4.78, 5) is 38.3. The van der Waals surface area contributed by atoms with Crippen molar-refractivity contribution >= 4 is 17.8 Å². The first-order chi connectivity index (χ1) is 15.1. The molecule has 168 valence electrons. The van der Waals surface area contributed by atoms with Crippen LogP contribution in [0.4, 0.5) is 4.79 Å². The van der Waals surface area contributed by atoms with E-state index in [4.69, 9.17) is 4.74 Å². The van der Waals surface area contributed by atoms with E-state index in [1.165, 1.54) is 17.7 Å². The molecule has 1 spiro atoms. The molecule has 2 N–H and O–H groups in total. The van der Waals surface area contributed by atoms with Crippen molar-refractivity contribution in [3.63, 3.8) is 0 Å². The number of imide groups is 1. The fourth-order valence-corrected chi connectivity index (χ4v) is 4.98. The minimum absolute atomic E-state index is 0.0217. The van der Waals surface area contributed by atoms with Crippen molar-refractivity contribution in [1.82, 2.24) is 15.5 Å². The van der Waals surface area contributed by atoms with E-state index in [0.29, 0.717) is 38.5 Å². The van der Waals surface area contributed by atoms with Gasteiger partial charge in [0.25, 0.3) is 5.91 Å². The van der Waals surface area contributed by atoms with E-state index >= 15 is 0 Å². The molecule has 1 aromatic carbocycles. The van der Waals surface area contributed by atoms with Gasteiger partial charge in [0, 0.05) is 19.5 Å². The Morgan fingerprint density at radius 2 is 1.94 bits per heavy atom. The van der Waals surface area contributed by atoms with Crippen LogP contribution < -0.4 is 15.4 Å². The molecule has 1 heterocycles.